The lowest BCUT2D eigenvalue weighted by Gasteiger charge is -2.13. The topological polar surface area (TPSA) is 38.9 Å². The number of furan rings is 1. The van der Waals surface area contributed by atoms with Gasteiger partial charge in [-0.2, -0.15) is 0 Å². The standard InChI is InChI=1S/C28H20N2O/c1-17-15-19-12-14-29-16-24(19)26(18(17)2)23-10-6-8-21-20-7-5-9-22(27(20)31-28(21)23)25-11-3-4-13-30-25/h3-16H,1-2H3. The number of aromatic nitrogens is 2. The van der Waals surface area contributed by atoms with Crippen LogP contribution >= 0.6 is 0 Å². The molecule has 6 rings (SSSR count). The lowest BCUT2D eigenvalue weighted by atomic mass is 9.91. The third-order valence-corrected chi connectivity index (χ3v) is 6.20. The summed E-state index contributed by atoms with van der Waals surface area (Å²) < 4.78 is 6.61. The molecule has 0 aliphatic carbocycles. The average Bonchev–Trinajstić information content (AvgIpc) is 3.20. The first kappa shape index (κ1) is 17.8. The van der Waals surface area contributed by atoms with Gasteiger partial charge in [-0.1, -0.05) is 42.5 Å². The number of hydrogen-bond donors (Lipinski definition) is 0. The summed E-state index contributed by atoms with van der Waals surface area (Å²) in [4.78, 5) is 8.96. The van der Waals surface area contributed by atoms with Crippen molar-refractivity contribution in [1.29, 1.82) is 0 Å². The number of fused-ring (bicyclic) bond motifs is 4. The molecule has 0 aliphatic rings. The van der Waals surface area contributed by atoms with Crippen LogP contribution in [0.25, 0.3) is 55.1 Å². The van der Waals surface area contributed by atoms with E-state index >= 15 is 0 Å². The Kier molecular flexibility index (Phi) is 3.90. The molecule has 0 aliphatic heterocycles. The van der Waals surface area contributed by atoms with Gasteiger partial charge in [0.1, 0.15) is 11.2 Å². The molecular weight excluding hydrogens is 380 g/mol. The number of para-hydroxylation sites is 2. The number of rotatable bonds is 2. The van der Waals surface area contributed by atoms with E-state index < -0.39 is 0 Å². The summed E-state index contributed by atoms with van der Waals surface area (Å²) in [6.45, 7) is 4.34. The van der Waals surface area contributed by atoms with E-state index in [0.29, 0.717) is 0 Å². The van der Waals surface area contributed by atoms with Crippen LogP contribution in [0.3, 0.4) is 0 Å². The van der Waals surface area contributed by atoms with E-state index in [0.717, 1.165) is 44.1 Å². The molecule has 31 heavy (non-hydrogen) atoms. The van der Waals surface area contributed by atoms with Gasteiger partial charge in [-0.15, -0.1) is 0 Å². The van der Waals surface area contributed by atoms with Gasteiger partial charge in [-0.05, 0) is 60.2 Å². The molecule has 148 valence electrons. The van der Waals surface area contributed by atoms with Crippen molar-refractivity contribution in [3.63, 3.8) is 0 Å². The van der Waals surface area contributed by atoms with E-state index in [2.05, 4.69) is 72.3 Å². The molecule has 0 radical (unpaired) electrons. The highest BCUT2D eigenvalue weighted by molar-refractivity contribution is 6.15. The lowest BCUT2D eigenvalue weighted by Crippen LogP contribution is -1.91. The Bertz CT molecular complexity index is 1600. The molecule has 0 amide bonds. The maximum atomic E-state index is 6.61. The molecule has 0 atom stereocenters. The van der Waals surface area contributed by atoms with Gasteiger partial charge in [0.15, 0.2) is 0 Å². The number of hydrogen-bond acceptors (Lipinski definition) is 3. The molecule has 3 aromatic heterocycles. The molecule has 0 unspecified atom stereocenters. The zero-order valence-electron chi connectivity index (χ0n) is 17.4. The zero-order chi connectivity index (χ0) is 20.9. The highest BCUT2D eigenvalue weighted by Crippen LogP contribution is 2.42. The van der Waals surface area contributed by atoms with Crippen molar-refractivity contribution in [2.24, 2.45) is 0 Å². The molecule has 3 aromatic carbocycles. The molecule has 3 heteroatoms. The van der Waals surface area contributed by atoms with E-state index in [1.165, 1.54) is 22.1 Å². The number of nitrogens with zero attached hydrogens (tertiary/aromatic N) is 2. The molecule has 3 heterocycles. The van der Waals surface area contributed by atoms with Gasteiger partial charge < -0.3 is 4.42 Å². The van der Waals surface area contributed by atoms with Crippen LogP contribution in [0.4, 0.5) is 0 Å². The second kappa shape index (κ2) is 6.78. The van der Waals surface area contributed by atoms with E-state index in [9.17, 15) is 0 Å². The SMILES string of the molecule is Cc1cc2ccncc2c(-c2cccc3c2oc2c(-c4ccccn4)cccc23)c1C. The Labute approximate surface area is 180 Å². The van der Waals surface area contributed by atoms with Crippen LogP contribution in [0.2, 0.25) is 0 Å². The fourth-order valence-electron chi connectivity index (χ4n) is 4.57. The summed E-state index contributed by atoms with van der Waals surface area (Å²) in [5.74, 6) is 0. The van der Waals surface area contributed by atoms with Gasteiger partial charge in [0, 0.05) is 45.9 Å². The summed E-state index contributed by atoms with van der Waals surface area (Å²) >= 11 is 0. The Morgan fingerprint density at radius 1 is 0.710 bits per heavy atom. The second-order valence-corrected chi connectivity index (χ2v) is 7.97. The first-order valence-corrected chi connectivity index (χ1v) is 10.4. The molecule has 0 bridgehead atoms. The van der Waals surface area contributed by atoms with E-state index in [1.54, 1.807) is 0 Å². The van der Waals surface area contributed by atoms with E-state index in [-0.39, 0.29) is 0 Å². The summed E-state index contributed by atoms with van der Waals surface area (Å²) in [7, 11) is 0. The van der Waals surface area contributed by atoms with Gasteiger partial charge in [-0.25, -0.2) is 0 Å². The minimum Gasteiger partial charge on any atom is -0.455 e. The largest absolute Gasteiger partial charge is 0.455 e. The van der Waals surface area contributed by atoms with Crippen LogP contribution in [0.15, 0.2) is 89.7 Å². The van der Waals surface area contributed by atoms with E-state index in [4.69, 9.17) is 4.42 Å². The number of pyridine rings is 2. The molecule has 3 nitrogen and oxygen atoms in total. The smallest absolute Gasteiger partial charge is 0.144 e. The molecule has 0 spiro atoms. The summed E-state index contributed by atoms with van der Waals surface area (Å²) in [5.41, 5.74) is 8.49. The molecule has 0 N–H and O–H groups in total. The maximum absolute atomic E-state index is 6.61. The van der Waals surface area contributed by atoms with Gasteiger partial charge in [-0.3, -0.25) is 9.97 Å². The van der Waals surface area contributed by atoms with Crippen LogP contribution in [-0.2, 0) is 0 Å². The van der Waals surface area contributed by atoms with Crippen LogP contribution < -0.4 is 0 Å². The quantitative estimate of drug-likeness (QED) is 0.302. The summed E-state index contributed by atoms with van der Waals surface area (Å²) in [6.07, 6.45) is 5.62. The minimum atomic E-state index is 0.872. The lowest BCUT2D eigenvalue weighted by molar-refractivity contribution is 0.671. The second-order valence-electron chi connectivity index (χ2n) is 7.97. The van der Waals surface area contributed by atoms with Gasteiger partial charge in [0.2, 0.25) is 0 Å². The van der Waals surface area contributed by atoms with Gasteiger partial charge in [0.05, 0.1) is 5.69 Å². The normalized spacial score (nSPS) is 11.5. The Morgan fingerprint density at radius 3 is 2.26 bits per heavy atom. The number of benzene rings is 3. The van der Waals surface area contributed by atoms with Crippen molar-refractivity contribution in [3.05, 3.63) is 96.4 Å². The Balaban J connectivity index is 1.73. The first-order chi connectivity index (χ1) is 15.2. The van der Waals surface area contributed by atoms with Gasteiger partial charge >= 0.3 is 0 Å². The van der Waals surface area contributed by atoms with Gasteiger partial charge in [0.25, 0.3) is 0 Å². The number of aryl methyl sites for hydroxylation is 1. The fraction of sp³-hybridized carbons (Fsp3) is 0.0714. The molecule has 0 fully saturated rings. The zero-order valence-corrected chi connectivity index (χ0v) is 17.4. The van der Waals surface area contributed by atoms with Crippen molar-refractivity contribution < 1.29 is 4.42 Å². The fourth-order valence-corrected chi connectivity index (χ4v) is 4.57. The first-order valence-electron chi connectivity index (χ1n) is 10.4. The average molecular weight is 400 g/mol. The van der Waals surface area contributed by atoms with Crippen molar-refractivity contribution in [3.8, 4) is 22.4 Å². The highest BCUT2D eigenvalue weighted by Gasteiger charge is 2.18. The van der Waals surface area contributed by atoms with Crippen LogP contribution in [0.1, 0.15) is 11.1 Å². The third kappa shape index (κ3) is 2.67. The predicted molar refractivity (Wildman–Crippen MR) is 127 cm³/mol. The molecule has 6 aromatic rings. The molecule has 0 saturated heterocycles. The monoisotopic (exact) mass is 400 g/mol. The van der Waals surface area contributed by atoms with E-state index in [1.807, 2.05) is 36.8 Å². The van der Waals surface area contributed by atoms with Crippen molar-refractivity contribution in [2.45, 2.75) is 13.8 Å². The van der Waals surface area contributed by atoms with Crippen LogP contribution in [-0.4, -0.2) is 9.97 Å². The maximum Gasteiger partial charge on any atom is 0.144 e. The van der Waals surface area contributed by atoms with Crippen LogP contribution in [0, 0.1) is 13.8 Å². The Hall–Kier alpha value is -3.98. The highest BCUT2D eigenvalue weighted by atomic mass is 16.3. The molecular formula is C28H20N2O. The summed E-state index contributed by atoms with van der Waals surface area (Å²) in [6, 6.07) is 22.9. The van der Waals surface area contributed by atoms with Crippen molar-refractivity contribution in [2.75, 3.05) is 0 Å². The third-order valence-electron chi connectivity index (χ3n) is 6.20. The van der Waals surface area contributed by atoms with Crippen LogP contribution in [0.5, 0.6) is 0 Å². The molecule has 0 saturated carbocycles. The predicted octanol–water partition coefficient (Wildman–Crippen LogP) is 7.48. The summed E-state index contributed by atoms with van der Waals surface area (Å²) in [5, 5.41) is 4.55. The minimum absolute atomic E-state index is 0.872. The van der Waals surface area contributed by atoms with Crippen molar-refractivity contribution >= 4 is 32.7 Å². The van der Waals surface area contributed by atoms with Crippen molar-refractivity contribution in [1.82, 2.24) is 9.97 Å². The Morgan fingerprint density at radius 2 is 1.48 bits per heavy atom.